The first-order valence-electron chi connectivity index (χ1n) is 6.71. The number of hydrogen-bond acceptors (Lipinski definition) is 5. The average molecular weight is 266 g/mol. The van der Waals surface area contributed by atoms with Crippen molar-refractivity contribution in [1.82, 2.24) is 0 Å². The summed E-state index contributed by atoms with van der Waals surface area (Å²) in [6, 6.07) is 7.67. The Morgan fingerprint density at radius 1 is 1.26 bits per heavy atom. The van der Waals surface area contributed by atoms with E-state index in [1.165, 1.54) is 0 Å². The van der Waals surface area contributed by atoms with Gasteiger partial charge in [-0.1, -0.05) is 12.1 Å². The van der Waals surface area contributed by atoms with Crippen LogP contribution in [0.25, 0.3) is 0 Å². The predicted octanol–water partition coefficient (Wildman–Crippen LogP) is 0.266. The molecule has 1 saturated heterocycles. The summed E-state index contributed by atoms with van der Waals surface area (Å²) in [4.78, 5) is 2.22. The molecule has 5 nitrogen and oxygen atoms in total. The lowest BCUT2D eigenvalue weighted by Crippen LogP contribution is -2.36. The minimum Gasteiger partial charge on any atom is -0.390 e. The van der Waals surface area contributed by atoms with Crippen molar-refractivity contribution in [2.75, 3.05) is 37.7 Å². The largest absolute Gasteiger partial charge is 0.390 e. The number of nitrogens with two attached hydrogens (primary N) is 1. The first-order valence-corrected chi connectivity index (χ1v) is 6.71. The van der Waals surface area contributed by atoms with Crippen molar-refractivity contribution in [3.8, 4) is 0 Å². The van der Waals surface area contributed by atoms with Crippen LogP contribution in [0.2, 0.25) is 0 Å². The van der Waals surface area contributed by atoms with Gasteiger partial charge in [-0.15, -0.1) is 0 Å². The number of hydrogen-bond donors (Lipinski definition) is 3. The zero-order chi connectivity index (χ0) is 13.7. The molecule has 0 aliphatic carbocycles. The van der Waals surface area contributed by atoms with Crippen LogP contribution >= 0.6 is 0 Å². The number of aliphatic hydroxyl groups is 2. The number of morpholine rings is 1. The third-order valence-corrected chi connectivity index (χ3v) is 3.41. The van der Waals surface area contributed by atoms with Crippen molar-refractivity contribution in [3.05, 3.63) is 29.8 Å². The van der Waals surface area contributed by atoms with E-state index in [9.17, 15) is 10.2 Å². The lowest BCUT2D eigenvalue weighted by atomic mass is 10.0. The molecule has 0 spiro atoms. The van der Waals surface area contributed by atoms with E-state index in [1.54, 1.807) is 0 Å². The summed E-state index contributed by atoms with van der Waals surface area (Å²) >= 11 is 0. The highest BCUT2D eigenvalue weighted by molar-refractivity contribution is 5.49. The summed E-state index contributed by atoms with van der Waals surface area (Å²) in [5.41, 5.74) is 7.18. The van der Waals surface area contributed by atoms with Gasteiger partial charge in [-0.2, -0.15) is 0 Å². The normalized spacial score (nSPS) is 19.2. The number of ether oxygens (including phenoxy) is 1. The Morgan fingerprint density at radius 2 is 2.00 bits per heavy atom. The van der Waals surface area contributed by atoms with Crippen LogP contribution in [-0.2, 0) is 4.74 Å². The van der Waals surface area contributed by atoms with Crippen molar-refractivity contribution in [2.45, 2.75) is 18.6 Å². The Kier molecular flexibility index (Phi) is 5.15. The Hall–Kier alpha value is -1.14. The second-order valence-corrected chi connectivity index (χ2v) is 4.78. The summed E-state index contributed by atoms with van der Waals surface area (Å²) in [6.07, 6.45) is -1.31. The Morgan fingerprint density at radius 3 is 2.68 bits per heavy atom. The van der Waals surface area contributed by atoms with E-state index in [1.807, 2.05) is 24.3 Å². The molecule has 0 radical (unpaired) electrons. The zero-order valence-electron chi connectivity index (χ0n) is 11.0. The van der Waals surface area contributed by atoms with Gasteiger partial charge in [0, 0.05) is 18.8 Å². The average Bonchev–Trinajstić information content (AvgIpc) is 2.48. The maximum atomic E-state index is 10.1. The smallest absolute Gasteiger partial charge is 0.105 e. The van der Waals surface area contributed by atoms with Gasteiger partial charge in [0.2, 0.25) is 0 Å². The first-order chi connectivity index (χ1) is 9.22. The van der Waals surface area contributed by atoms with Crippen LogP contribution in [0.15, 0.2) is 24.3 Å². The van der Waals surface area contributed by atoms with Crippen molar-refractivity contribution < 1.29 is 14.9 Å². The standard InChI is InChI=1S/C14H22N2O3/c15-5-4-13(17)14(18)11-2-1-3-12(10-11)16-6-8-19-9-7-16/h1-3,10,13-14,17-18H,4-9,15H2. The molecule has 2 unspecified atom stereocenters. The highest BCUT2D eigenvalue weighted by Crippen LogP contribution is 2.24. The second-order valence-electron chi connectivity index (χ2n) is 4.78. The molecule has 19 heavy (non-hydrogen) atoms. The molecule has 0 amide bonds. The molecule has 0 saturated carbocycles. The van der Waals surface area contributed by atoms with E-state index in [2.05, 4.69) is 4.90 Å². The number of rotatable bonds is 5. The summed E-state index contributed by atoms with van der Waals surface area (Å²) in [5.74, 6) is 0. The number of anilines is 1. The second kappa shape index (κ2) is 6.86. The van der Waals surface area contributed by atoms with Gasteiger partial charge in [0.1, 0.15) is 6.10 Å². The molecule has 5 heteroatoms. The fraction of sp³-hybridized carbons (Fsp3) is 0.571. The first kappa shape index (κ1) is 14.3. The minimum atomic E-state index is -0.885. The van der Waals surface area contributed by atoms with Crippen LogP contribution in [-0.4, -0.2) is 49.2 Å². The Bertz CT molecular complexity index is 394. The van der Waals surface area contributed by atoms with Crippen LogP contribution in [0, 0.1) is 0 Å². The summed E-state index contributed by atoms with van der Waals surface area (Å²) < 4.78 is 5.32. The van der Waals surface area contributed by atoms with Crippen molar-refractivity contribution in [1.29, 1.82) is 0 Å². The van der Waals surface area contributed by atoms with Crippen LogP contribution in [0.1, 0.15) is 18.1 Å². The van der Waals surface area contributed by atoms with E-state index in [0.717, 1.165) is 37.6 Å². The van der Waals surface area contributed by atoms with Gasteiger partial charge in [0.25, 0.3) is 0 Å². The van der Waals surface area contributed by atoms with Crippen LogP contribution < -0.4 is 10.6 Å². The fourth-order valence-corrected chi connectivity index (χ4v) is 2.28. The van der Waals surface area contributed by atoms with Crippen molar-refractivity contribution in [2.24, 2.45) is 5.73 Å². The van der Waals surface area contributed by atoms with Crippen molar-refractivity contribution >= 4 is 5.69 Å². The molecule has 2 atom stereocenters. The summed E-state index contributed by atoms with van der Waals surface area (Å²) in [7, 11) is 0. The van der Waals surface area contributed by atoms with E-state index >= 15 is 0 Å². The molecular formula is C14H22N2O3. The molecule has 1 fully saturated rings. The lowest BCUT2D eigenvalue weighted by molar-refractivity contribution is 0.0150. The van der Waals surface area contributed by atoms with E-state index in [-0.39, 0.29) is 0 Å². The third kappa shape index (κ3) is 3.67. The van der Waals surface area contributed by atoms with Gasteiger partial charge < -0.3 is 25.6 Å². The number of nitrogens with zero attached hydrogens (tertiary/aromatic N) is 1. The van der Waals surface area contributed by atoms with Gasteiger partial charge in [0.15, 0.2) is 0 Å². The molecule has 4 N–H and O–H groups in total. The molecule has 0 bridgehead atoms. The van der Waals surface area contributed by atoms with Gasteiger partial charge in [-0.3, -0.25) is 0 Å². The molecule has 106 valence electrons. The fourth-order valence-electron chi connectivity index (χ4n) is 2.28. The summed E-state index contributed by atoms with van der Waals surface area (Å²) in [6.45, 7) is 3.52. The van der Waals surface area contributed by atoms with Gasteiger partial charge >= 0.3 is 0 Å². The molecule has 0 aromatic heterocycles. The van der Waals surface area contributed by atoms with Crippen LogP contribution in [0.4, 0.5) is 5.69 Å². The minimum absolute atomic E-state index is 0.362. The number of benzene rings is 1. The molecule has 2 rings (SSSR count). The van der Waals surface area contributed by atoms with E-state index < -0.39 is 12.2 Å². The predicted molar refractivity (Wildman–Crippen MR) is 74.1 cm³/mol. The quantitative estimate of drug-likeness (QED) is 0.713. The number of aliphatic hydroxyl groups excluding tert-OH is 2. The SMILES string of the molecule is NCCC(O)C(O)c1cccc(N2CCOCC2)c1. The summed E-state index contributed by atoms with van der Waals surface area (Å²) in [5, 5.41) is 19.9. The van der Waals surface area contributed by atoms with Crippen molar-refractivity contribution in [3.63, 3.8) is 0 Å². The monoisotopic (exact) mass is 266 g/mol. The third-order valence-electron chi connectivity index (χ3n) is 3.41. The molecule has 1 aromatic rings. The maximum absolute atomic E-state index is 10.1. The molecule has 1 aliphatic rings. The van der Waals surface area contributed by atoms with E-state index in [0.29, 0.717) is 13.0 Å². The molecule has 1 heterocycles. The van der Waals surface area contributed by atoms with Gasteiger partial charge in [-0.05, 0) is 30.7 Å². The molecular weight excluding hydrogens is 244 g/mol. The van der Waals surface area contributed by atoms with Crippen LogP contribution in [0.5, 0.6) is 0 Å². The highest BCUT2D eigenvalue weighted by atomic mass is 16.5. The Balaban J connectivity index is 2.09. The van der Waals surface area contributed by atoms with E-state index in [4.69, 9.17) is 10.5 Å². The van der Waals surface area contributed by atoms with Gasteiger partial charge in [0.05, 0.1) is 19.3 Å². The topological polar surface area (TPSA) is 79.0 Å². The lowest BCUT2D eigenvalue weighted by Gasteiger charge is -2.29. The maximum Gasteiger partial charge on any atom is 0.105 e. The molecule has 1 aromatic carbocycles. The Labute approximate surface area is 113 Å². The molecule has 1 aliphatic heterocycles. The van der Waals surface area contributed by atoms with Crippen LogP contribution in [0.3, 0.4) is 0 Å². The zero-order valence-corrected chi connectivity index (χ0v) is 11.0. The highest BCUT2D eigenvalue weighted by Gasteiger charge is 2.19. The van der Waals surface area contributed by atoms with Gasteiger partial charge in [-0.25, -0.2) is 0 Å².